The Bertz CT molecular complexity index is 1030. The van der Waals surface area contributed by atoms with E-state index in [0.29, 0.717) is 13.1 Å². The molecule has 1 aromatic carbocycles. The minimum atomic E-state index is -0.505. The fourth-order valence-electron chi connectivity index (χ4n) is 3.48. The molecule has 2 N–H and O–H groups in total. The maximum Gasteiger partial charge on any atom is 0.410 e. The van der Waals surface area contributed by atoms with Crippen molar-refractivity contribution < 1.29 is 14.3 Å². The minimum Gasteiger partial charge on any atom is -0.497 e. The molecule has 3 heterocycles. The highest BCUT2D eigenvalue weighted by Gasteiger charge is 2.28. The van der Waals surface area contributed by atoms with Gasteiger partial charge in [-0.05, 0) is 51.1 Å². The van der Waals surface area contributed by atoms with Gasteiger partial charge in [-0.3, -0.25) is 0 Å². The molecule has 0 radical (unpaired) electrons. The molecule has 4 rings (SSSR count). The molecule has 7 heteroatoms. The lowest BCUT2D eigenvalue weighted by Crippen LogP contribution is -2.39. The Morgan fingerprint density at radius 2 is 1.97 bits per heavy atom. The van der Waals surface area contributed by atoms with Crippen molar-refractivity contribution in [2.75, 3.05) is 19.0 Å². The van der Waals surface area contributed by atoms with Gasteiger partial charge in [-0.25, -0.2) is 9.78 Å². The Hall–Kier alpha value is -3.22. The Kier molecular flexibility index (Phi) is 4.82. The Morgan fingerprint density at radius 1 is 1.21 bits per heavy atom. The molecule has 152 valence electrons. The van der Waals surface area contributed by atoms with Crippen LogP contribution in [0.2, 0.25) is 0 Å². The van der Waals surface area contributed by atoms with Crippen LogP contribution in [-0.4, -0.2) is 40.2 Å². The van der Waals surface area contributed by atoms with Crippen LogP contribution >= 0.6 is 0 Å². The number of carbonyl (C=O) groups is 1. The van der Waals surface area contributed by atoms with Crippen molar-refractivity contribution in [3.63, 3.8) is 0 Å². The summed E-state index contributed by atoms with van der Waals surface area (Å²) in [6.07, 6.45) is 2.28. The molecular formula is C22H26N4O3. The van der Waals surface area contributed by atoms with Crippen molar-refractivity contribution >= 4 is 28.5 Å². The molecule has 0 spiro atoms. The number of nitrogens with zero attached hydrogens (tertiary/aromatic N) is 2. The normalized spacial score (nSPS) is 13.9. The molecule has 29 heavy (non-hydrogen) atoms. The zero-order valence-corrected chi connectivity index (χ0v) is 17.2. The lowest BCUT2D eigenvalue weighted by atomic mass is 10.1. The first-order valence-corrected chi connectivity index (χ1v) is 9.71. The number of benzene rings is 1. The van der Waals surface area contributed by atoms with E-state index >= 15 is 0 Å². The SMILES string of the molecule is COc1ccc(Nc2cnc3[nH]c4c(c3c2)CN(C(=O)OC(C)(C)C)CC4)cc1. The van der Waals surface area contributed by atoms with Gasteiger partial charge in [-0.15, -0.1) is 0 Å². The predicted molar refractivity (Wildman–Crippen MR) is 113 cm³/mol. The quantitative estimate of drug-likeness (QED) is 0.678. The van der Waals surface area contributed by atoms with Crippen LogP contribution in [-0.2, 0) is 17.7 Å². The monoisotopic (exact) mass is 394 g/mol. The third kappa shape index (κ3) is 4.13. The molecule has 2 aromatic heterocycles. The van der Waals surface area contributed by atoms with E-state index in [0.717, 1.165) is 45.8 Å². The van der Waals surface area contributed by atoms with Crippen molar-refractivity contribution in [2.24, 2.45) is 0 Å². The summed E-state index contributed by atoms with van der Waals surface area (Å²) < 4.78 is 10.7. The fourth-order valence-corrected chi connectivity index (χ4v) is 3.48. The van der Waals surface area contributed by atoms with E-state index in [1.165, 1.54) is 0 Å². The number of pyridine rings is 1. The topological polar surface area (TPSA) is 79.5 Å². The molecule has 1 aliphatic rings. The van der Waals surface area contributed by atoms with Crippen LogP contribution in [0.4, 0.5) is 16.2 Å². The number of fused-ring (bicyclic) bond motifs is 3. The van der Waals surface area contributed by atoms with Crippen LogP contribution in [0.5, 0.6) is 5.75 Å². The molecule has 0 unspecified atom stereocenters. The van der Waals surface area contributed by atoms with Gasteiger partial charge >= 0.3 is 6.09 Å². The molecular weight excluding hydrogens is 368 g/mol. The number of anilines is 2. The first-order valence-electron chi connectivity index (χ1n) is 9.71. The highest BCUT2D eigenvalue weighted by molar-refractivity contribution is 5.86. The first-order chi connectivity index (χ1) is 13.8. The van der Waals surface area contributed by atoms with Crippen LogP contribution in [0.15, 0.2) is 36.5 Å². The number of ether oxygens (including phenoxy) is 2. The molecule has 0 aliphatic carbocycles. The summed E-state index contributed by atoms with van der Waals surface area (Å²) in [6, 6.07) is 9.80. The summed E-state index contributed by atoms with van der Waals surface area (Å²) in [5.41, 5.74) is 4.40. The first kappa shape index (κ1) is 19.1. The number of amides is 1. The third-order valence-electron chi connectivity index (χ3n) is 4.86. The summed E-state index contributed by atoms with van der Waals surface area (Å²) in [5.74, 6) is 0.811. The van der Waals surface area contributed by atoms with Crippen molar-refractivity contribution in [1.82, 2.24) is 14.9 Å². The molecule has 1 amide bonds. The van der Waals surface area contributed by atoms with Crippen LogP contribution in [0.3, 0.4) is 0 Å². The Labute approximate surface area is 170 Å². The number of hydrogen-bond acceptors (Lipinski definition) is 5. The number of hydrogen-bond donors (Lipinski definition) is 2. The van der Waals surface area contributed by atoms with E-state index < -0.39 is 5.60 Å². The van der Waals surface area contributed by atoms with Crippen LogP contribution in [0, 0.1) is 0 Å². The second-order valence-corrected chi connectivity index (χ2v) is 8.21. The molecule has 7 nitrogen and oxygen atoms in total. The van der Waals surface area contributed by atoms with E-state index in [4.69, 9.17) is 9.47 Å². The van der Waals surface area contributed by atoms with Gasteiger partial charge in [0.25, 0.3) is 0 Å². The van der Waals surface area contributed by atoms with E-state index in [9.17, 15) is 4.79 Å². The van der Waals surface area contributed by atoms with Gasteiger partial charge in [0, 0.05) is 35.3 Å². The second kappa shape index (κ2) is 7.31. The van der Waals surface area contributed by atoms with Gasteiger partial charge in [0.05, 0.1) is 25.5 Å². The maximum atomic E-state index is 12.5. The number of rotatable bonds is 3. The molecule has 0 atom stereocenters. The number of carbonyl (C=O) groups excluding carboxylic acids is 1. The van der Waals surface area contributed by atoms with Crippen molar-refractivity contribution in [1.29, 1.82) is 0 Å². The number of aromatic nitrogens is 2. The van der Waals surface area contributed by atoms with Gasteiger partial charge in [0.2, 0.25) is 0 Å². The van der Waals surface area contributed by atoms with Crippen molar-refractivity contribution in [2.45, 2.75) is 39.3 Å². The Balaban J connectivity index is 1.58. The summed E-state index contributed by atoms with van der Waals surface area (Å²) in [4.78, 5) is 22.2. The smallest absolute Gasteiger partial charge is 0.410 e. The van der Waals surface area contributed by atoms with Gasteiger partial charge in [0.1, 0.15) is 17.0 Å². The maximum absolute atomic E-state index is 12.5. The highest BCUT2D eigenvalue weighted by atomic mass is 16.6. The number of methoxy groups -OCH3 is 1. The standard InChI is InChI=1S/C22H26N4O3/c1-22(2,3)29-21(27)26-10-9-19-18(13-26)17-11-15(12-23-20(17)25-19)24-14-5-7-16(28-4)8-6-14/h5-8,11-12,24H,9-10,13H2,1-4H3,(H,23,25). The predicted octanol–water partition coefficient (Wildman–Crippen LogP) is 4.61. The van der Waals surface area contributed by atoms with Gasteiger partial charge in [-0.1, -0.05) is 0 Å². The van der Waals surface area contributed by atoms with Crippen LogP contribution < -0.4 is 10.1 Å². The average molecular weight is 394 g/mol. The van der Waals surface area contributed by atoms with Gasteiger partial charge < -0.3 is 24.7 Å². The van der Waals surface area contributed by atoms with Gasteiger partial charge in [0.15, 0.2) is 0 Å². The van der Waals surface area contributed by atoms with Crippen LogP contribution in [0.25, 0.3) is 11.0 Å². The molecule has 1 aliphatic heterocycles. The number of aromatic amines is 1. The molecule has 0 saturated carbocycles. The third-order valence-corrected chi connectivity index (χ3v) is 4.86. The molecule has 0 saturated heterocycles. The Morgan fingerprint density at radius 3 is 2.66 bits per heavy atom. The largest absolute Gasteiger partial charge is 0.497 e. The fraction of sp³-hybridized carbons (Fsp3) is 0.364. The molecule has 0 fully saturated rings. The summed E-state index contributed by atoms with van der Waals surface area (Å²) in [6.45, 7) is 6.79. The summed E-state index contributed by atoms with van der Waals surface area (Å²) in [7, 11) is 1.65. The van der Waals surface area contributed by atoms with Crippen molar-refractivity contribution in [3.05, 3.63) is 47.8 Å². The number of H-pyrrole nitrogens is 1. The average Bonchev–Trinajstić information content (AvgIpc) is 3.04. The summed E-state index contributed by atoms with van der Waals surface area (Å²) >= 11 is 0. The lowest BCUT2D eigenvalue weighted by Gasteiger charge is -2.30. The molecule has 3 aromatic rings. The lowest BCUT2D eigenvalue weighted by molar-refractivity contribution is 0.0224. The van der Waals surface area contributed by atoms with Gasteiger partial charge in [-0.2, -0.15) is 0 Å². The van der Waals surface area contributed by atoms with E-state index in [1.54, 1.807) is 18.2 Å². The van der Waals surface area contributed by atoms with Crippen LogP contribution in [0.1, 0.15) is 32.0 Å². The number of nitrogens with one attached hydrogen (secondary N) is 2. The minimum absolute atomic E-state index is 0.280. The highest BCUT2D eigenvalue weighted by Crippen LogP contribution is 2.30. The zero-order valence-electron chi connectivity index (χ0n) is 17.2. The second-order valence-electron chi connectivity index (χ2n) is 8.21. The molecule has 0 bridgehead atoms. The van der Waals surface area contributed by atoms with E-state index in [2.05, 4.69) is 21.4 Å². The van der Waals surface area contributed by atoms with Crippen molar-refractivity contribution in [3.8, 4) is 5.75 Å². The summed E-state index contributed by atoms with van der Waals surface area (Å²) in [5, 5.41) is 4.39. The van der Waals surface area contributed by atoms with E-state index in [1.807, 2.05) is 45.0 Å². The van der Waals surface area contributed by atoms with E-state index in [-0.39, 0.29) is 6.09 Å². The zero-order chi connectivity index (χ0) is 20.6.